The quantitative estimate of drug-likeness (QED) is 0.385. The SMILES string of the molecule is CCOc1ccccc1-c1ccc2c(n1)CN(C[C@H]1C[C@H](O)CN1)CC21CCN(c2ccc(Cl)cc2C#N)CC1CC. The summed E-state index contributed by atoms with van der Waals surface area (Å²) in [5.74, 6) is 1.23. The number of pyridine rings is 1. The zero-order chi connectivity index (χ0) is 29.3. The number of benzene rings is 2. The second-order valence-corrected chi connectivity index (χ2v) is 12.5. The maximum absolute atomic E-state index is 10.2. The highest BCUT2D eigenvalue weighted by Crippen LogP contribution is 2.48. The largest absolute Gasteiger partial charge is 0.493 e. The van der Waals surface area contributed by atoms with Crippen molar-refractivity contribution < 1.29 is 9.84 Å². The molecular weight excluding hydrogens is 546 g/mol. The summed E-state index contributed by atoms with van der Waals surface area (Å²) < 4.78 is 5.96. The number of rotatable bonds is 7. The Bertz CT molecular complexity index is 1470. The molecule has 2 N–H and O–H groups in total. The molecule has 0 amide bonds. The third-order valence-electron chi connectivity index (χ3n) is 9.49. The first-order chi connectivity index (χ1) is 20.4. The van der Waals surface area contributed by atoms with Crippen molar-refractivity contribution in [3.63, 3.8) is 0 Å². The number of fused-ring (bicyclic) bond motifs is 2. The third-order valence-corrected chi connectivity index (χ3v) is 9.73. The van der Waals surface area contributed by atoms with Crippen molar-refractivity contribution in [2.75, 3.05) is 44.2 Å². The van der Waals surface area contributed by atoms with E-state index >= 15 is 0 Å². The summed E-state index contributed by atoms with van der Waals surface area (Å²) in [4.78, 5) is 10.3. The van der Waals surface area contributed by atoms with Crippen molar-refractivity contribution in [1.29, 1.82) is 5.26 Å². The van der Waals surface area contributed by atoms with E-state index in [9.17, 15) is 10.4 Å². The van der Waals surface area contributed by atoms with Crippen LogP contribution in [0.4, 0.5) is 5.69 Å². The lowest BCUT2D eigenvalue weighted by Crippen LogP contribution is -2.58. The first kappa shape index (κ1) is 28.9. The van der Waals surface area contributed by atoms with Gasteiger partial charge in [-0.15, -0.1) is 0 Å². The van der Waals surface area contributed by atoms with Gasteiger partial charge in [-0.05, 0) is 67.6 Å². The number of nitrogens with zero attached hydrogens (tertiary/aromatic N) is 4. The number of anilines is 1. The second kappa shape index (κ2) is 12.2. The fourth-order valence-electron chi connectivity index (χ4n) is 7.56. The van der Waals surface area contributed by atoms with Crippen LogP contribution in [0.2, 0.25) is 5.02 Å². The maximum Gasteiger partial charge on any atom is 0.128 e. The lowest BCUT2D eigenvalue weighted by atomic mass is 9.62. The van der Waals surface area contributed by atoms with E-state index in [1.807, 2.05) is 37.3 Å². The van der Waals surface area contributed by atoms with Crippen molar-refractivity contribution in [3.8, 4) is 23.1 Å². The number of nitriles is 1. The van der Waals surface area contributed by atoms with Gasteiger partial charge < -0.3 is 20.1 Å². The van der Waals surface area contributed by atoms with Crippen LogP contribution >= 0.6 is 11.6 Å². The molecule has 220 valence electrons. The number of hydrogen-bond acceptors (Lipinski definition) is 7. The van der Waals surface area contributed by atoms with Gasteiger partial charge >= 0.3 is 0 Å². The Morgan fingerprint density at radius 2 is 2.05 bits per heavy atom. The van der Waals surface area contributed by atoms with Gasteiger partial charge in [0.1, 0.15) is 11.8 Å². The smallest absolute Gasteiger partial charge is 0.128 e. The van der Waals surface area contributed by atoms with Crippen LogP contribution in [0.1, 0.15) is 49.9 Å². The highest BCUT2D eigenvalue weighted by atomic mass is 35.5. The van der Waals surface area contributed by atoms with Gasteiger partial charge in [0, 0.05) is 61.3 Å². The summed E-state index contributed by atoms with van der Waals surface area (Å²) in [7, 11) is 0. The molecular formula is C34H40ClN5O2. The molecule has 1 spiro atoms. The Labute approximate surface area is 254 Å². The molecule has 2 aromatic carbocycles. The van der Waals surface area contributed by atoms with Crippen molar-refractivity contribution in [2.45, 2.75) is 57.2 Å². The summed E-state index contributed by atoms with van der Waals surface area (Å²) in [6.07, 6.45) is 2.50. The first-order valence-electron chi connectivity index (χ1n) is 15.2. The fourth-order valence-corrected chi connectivity index (χ4v) is 7.73. The molecule has 4 heterocycles. The zero-order valence-corrected chi connectivity index (χ0v) is 25.3. The summed E-state index contributed by atoms with van der Waals surface area (Å²) in [5, 5.41) is 24.2. The monoisotopic (exact) mass is 585 g/mol. The molecule has 2 unspecified atom stereocenters. The molecule has 0 saturated carbocycles. The molecule has 1 aromatic heterocycles. The van der Waals surface area contributed by atoms with E-state index in [1.54, 1.807) is 6.07 Å². The van der Waals surface area contributed by atoms with Crippen LogP contribution in [0.25, 0.3) is 11.3 Å². The molecule has 0 aliphatic carbocycles. The van der Waals surface area contributed by atoms with E-state index in [4.69, 9.17) is 21.3 Å². The minimum absolute atomic E-state index is 0.0553. The fraction of sp³-hybridized carbons (Fsp3) is 0.471. The molecule has 42 heavy (non-hydrogen) atoms. The average molecular weight is 586 g/mol. The van der Waals surface area contributed by atoms with Gasteiger partial charge in [-0.1, -0.05) is 43.1 Å². The summed E-state index contributed by atoms with van der Waals surface area (Å²) >= 11 is 6.23. The van der Waals surface area contributed by atoms with Crippen molar-refractivity contribution in [1.82, 2.24) is 15.2 Å². The Balaban J connectivity index is 1.38. The summed E-state index contributed by atoms with van der Waals surface area (Å²) in [6.45, 7) is 9.92. The number of nitrogens with one attached hydrogen (secondary N) is 1. The molecule has 3 aromatic rings. The van der Waals surface area contributed by atoms with Gasteiger partial charge in [-0.3, -0.25) is 9.88 Å². The molecule has 3 aliphatic heterocycles. The molecule has 7 nitrogen and oxygen atoms in total. The Hall–Kier alpha value is -3.15. The third kappa shape index (κ3) is 5.49. The van der Waals surface area contributed by atoms with E-state index < -0.39 is 0 Å². The Morgan fingerprint density at radius 3 is 2.81 bits per heavy atom. The number of ether oxygens (including phenoxy) is 1. The Morgan fingerprint density at radius 1 is 1.19 bits per heavy atom. The van der Waals surface area contributed by atoms with Crippen LogP contribution in [0.3, 0.4) is 0 Å². The molecule has 6 rings (SSSR count). The summed E-state index contributed by atoms with van der Waals surface area (Å²) in [5.41, 5.74) is 5.99. The maximum atomic E-state index is 10.2. The number of aromatic nitrogens is 1. The van der Waals surface area contributed by atoms with Gasteiger partial charge in [0.15, 0.2) is 0 Å². The zero-order valence-electron chi connectivity index (χ0n) is 24.5. The molecule has 2 saturated heterocycles. The molecule has 8 heteroatoms. The highest BCUT2D eigenvalue weighted by molar-refractivity contribution is 6.30. The number of piperidine rings is 1. The molecule has 0 bridgehead atoms. The lowest BCUT2D eigenvalue weighted by molar-refractivity contribution is 0.0952. The van der Waals surface area contributed by atoms with Crippen LogP contribution < -0.4 is 15.0 Å². The number of β-amino-alcohol motifs (C(OH)–C–C–N with tert-alkyl or cyclic N) is 1. The van der Waals surface area contributed by atoms with E-state index in [1.165, 1.54) is 5.56 Å². The van der Waals surface area contributed by atoms with Gasteiger partial charge in [-0.2, -0.15) is 5.26 Å². The molecule has 0 radical (unpaired) electrons. The van der Waals surface area contributed by atoms with Crippen LogP contribution in [0.15, 0.2) is 54.6 Å². The standard InChI is InChI=1S/C34H40ClN5O2/c1-3-24-19-40(32-12-9-25(35)15-23(32)17-36)14-13-34(24)22-39(20-26-16-27(41)18-37-26)21-31-29(34)10-11-30(38-31)28-7-5-6-8-33(28)42-4-2/h5-12,15,24,26-27,37,41H,3-4,13-14,16,18-22H2,1-2H3/t24?,26-,27+,34?/m1/s1. The van der Waals surface area contributed by atoms with Gasteiger partial charge in [-0.25, -0.2) is 0 Å². The molecule has 4 atom stereocenters. The van der Waals surface area contributed by atoms with Crippen molar-refractivity contribution in [2.24, 2.45) is 5.92 Å². The highest BCUT2D eigenvalue weighted by Gasteiger charge is 2.49. The number of aliphatic hydroxyl groups is 1. The second-order valence-electron chi connectivity index (χ2n) is 12.0. The van der Waals surface area contributed by atoms with E-state index in [0.29, 0.717) is 29.7 Å². The number of aliphatic hydroxyl groups excluding tert-OH is 1. The van der Waals surface area contributed by atoms with Crippen molar-refractivity contribution >= 4 is 17.3 Å². The number of halogens is 1. The normalized spacial score (nSPS) is 25.8. The molecule has 3 aliphatic rings. The first-order valence-corrected chi connectivity index (χ1v) is 15.6. The van der Waals surface area contributed by atoms with Crippen molar-refractivity contribution in [3.05, 3.63) is 76.4 Å². The summed E-state index contributed by atoms with van der Waals surface area (Å²) in [6, 6.07) is 20.9. The van der Waals surface area contributed by atoms with E-state index in [-0.39, 0.29) is 17.6 Å². The van der Waals surface area contributed by atoms with Crippen LogP contribution in [0, 0.1) is 17.2 Å². The molecule has 2 fully saturated rings. The Kier molecular flexibility index (Phi) is 8.42. The van der Waals surface area contributed by atoms with Gasteiger partial charge in [0.25, 0.3) is 0 Å². The minimum Gasteiger partial charge on any atom is -0.493 e. The van der Waals surface area contributed by atoms with Crippen LogP contribution in [-0.2, 0) is 12.0 Å². The number of hydrogen-bond donors (Lipinski definition) is 2. The predicted molar refractivity (Wildman–Crippen MR) is 167 cm³/mol. The topological polar surface area (TPSA) is 84.7 Å². The van der Waals surface area contributed by atoms with Gasteiger partial charge in [0.05, 0.1) is 35.3 Å². The van der Waals surface area contributed by atoms with Crippen LogP contribution in [-0.4, -0.2) is 66.5 Å². The average Bonchev–Trinajstić information content (AvgIpc) is 3.41. The predicted octanol–water partition coefficient (Wildman–Crippen LogP) is 5.39. The van der Waals surface area contributed by atoms with Crippen LogP contribution in [0.5, 0.6) is 5.75 Å². The minimum atomic E-state index is -0.277. The van der Waals surface area contributed by atoms with E-state index in [2.05, 4.69) is 46.3 Å². The number of para-hydroxylation sites is 1. The van der Waals surface area contributed by atoms with E-state index in [0.717, 1.165) is 80.4 Å². The van der Waals surface area contributed by atoms with Gasteiger partial charge in [0.2, 0.25) is 0 Å². The lowest BCUT2D eigenvalue weighted by Gasteiger charge is -2.53.